The fourth-order valence-electron chi connectivity index (χ4n) is 1.75. The topological polar surface area (TPSA) is 18.5 Å². The van der Waals surface area contributed by atoms with Crippen LogP contribution in [0.15, 0.2) is 0 Å². The smallest absolute Gasteiger partial charge is 0.321 e. The van der Waals surface area contributed by atoms with Crippen molar-refractivity contribution >= 4 is 16.9 Å². The van der Waals surface area contributed by atoms with Crippen molar-refractivity contribution in [3.05, 3.63) is 0 Å². The highest BCUT2D eigenvalue weighted by Crippen LogP contribution is 2.27. The summed E-state index contributed by atoms with van der Waals surface area (Å²) in [6.07, 6.45) is 2.10. The second-order valence-electron chi connectivity index (χ2n) is 5.87. The Bertz CT molecular complexity index is 193. The van der Waals surface area contributed by atoms with Crippen molar-refractivity contribution < 1.29 is 8.54 Å². The molecule has 2 nitrogen and oxygen atoms in total. The summed E-state index contributed by atoms with van der Waals surface area (Å²) in [6.45, 7) is 17.5. The SMILES string of the molecule is CCC(C)(CC)O[Si](C)(C)O[Si](C)(C)C. The predicted molar refractivity (Wildman–Crippen MR) is 72.0 cm³/mol. The highest BCUT2D eigenvalue weighted by molar-refractivity contribution is 6.81. The third-order valence-corrected chi connectivity index (χ3v) is 7.94. The zero-order chi connectivity index (χ0) is 12.3. The number of hydrogen-bond acceptors (Lipinski definition) is 2. The molecule has 0 aromatic heterocycles. The number of hydrogen-bond donors (Lipinski definition) is 0. The van der Waals surface area contributed by atoms with E-state index in [0.29, 0.717) is 0 Å². The maximum atomic E-state index is 6.25. The molecule has 4 heteroatoms. The van der Waals surface area contributed by atoms with E-state index >= 15 is 0 Å². The van der Waals surface area contributed by atoms with Gasteiger partial charge in [-0.3, -0.25) is 0 Å². The van der Waals surface area contributed by atoms with Gasteiger partial charge in [-0.1, -0.05) is 13.8 Å². The van der Waals surface area contributed by atoms with E-state index in [0.717, 1.165) is 12.8 Å². The summed E-state index contributed by atoms with van der Waals surface area (Å²) < 4.78 is 12.4. The molecule has 0 heterocycles. The van der Waals surface area contributed by atoms with Crippen LogP contribution in [-0.4, -0.2) is 22.5 Å². The van der Waals surface area contributed by atoms with Gasteiger partial charge in [0.25, 0.3) is 0 Å². The van der Waals surface area contributed by atoms with E-state index in [-0.39, 0.29) is 5.60 Å². The van der Waals surface area contributed by atoms with E-state index in [4.69, 9.17) is 8.54 Å². The first-order valence-corrected chi connectivity index (χ1v) is 12.2. The summed E-state index contributed by atoms with van der Waals surface area (Å²) in [5.41, 5.74) is -0.00459. The van der Waals surface area contributed by atoms with E-state index in [2.05, 4.69) is 53.5 Å². The Hall–Kier alpha value is 0.354. The fraction of sp³-hybridized carbons (Fsp3) is 1.00. The Balaban J connectivity index is 4.49. The van der Waals surface area contributed by atoms with Crippen molar-refractivity contribution in [1.82, 2.24) is 0 Å². The van der Waals surface area contributed by atoms with Gasteiger partial charge in [0.1, 0.15) is 0 Å². The van der Waals surface area contributed by atoms with Gasteiger partial charge in [0, 0.05) is 0 Å². The van der Waals surface area contributed by atoms with Gasteiger partial charge < -0.3 is 8.54 Å². The molecule has 0 saturated heterocycles. The van der Waals surface area contributed by atoms with Crippen LogP contribution in [0.1, 0.15) is 33.6 Å². The van der Waals surface area contributed by atoms with E-state index in [9.17, 15) is 0 Å². The molecule has 0 unspecified atom stereocenters. The Morgan fingerprint density at radius 3 is 1.60 bits per heavy atom. The van der Waals surface area contributed by atoms with Crippen LogP contribution in [-0.2, 0) is 8.54 Å². The molecule has 15 heavy (non-hydrogen) atoms. The normalized spacial score (nSPS) is 14.4. The molecule has 0 amide bonds. The highest BCUT2D eigenvalue weighted by Gasteiger charge is 2.37. The molecule has 0 aromatic carbocycles. The second kappa shape index (κ2) is 5.12. The van der Waals surface area contributed by atoms with Crippen molar-refractivity contribution in [3.8, 4) is 0 Å². The lowest BCUT2D eigenvalue weighted by Crippen LogP contribution is -2.50. The zero-order valence-corrected chi connectivity index (χ0v) is 13.7. The first kappa shape index (κ1) is 15.4. The first-order valence-electron chi connectivity index (χ1n) is 5.94. The highest BCUT2D eigenvalue weighted by atomic mass is 28.4. The quantitative estimate of drug-likeness (QED) is 0.658. The van der Waals surface area contributed by atoms with Gasteiger partial charge in [-0.25, -0.2) is 0 Å². The molecule has 92 valence electrons. The summed E-state index contributed by atoms with van der Waals surface area (Å²) in [5, 5.41) is 0. The van der Waals surface area contributed by atoms with Crippen molar-refractivity contribution in [2.24, 2.45) is 0 Å². The summed E-state index contributed by atoms with van der Waals surface area (Å²) in [7, 11) is -3.44. The van der Waals surface area contributed by atoms with Crippen molar-refractivity contribution in [2.45, 2.75) is 71.9 Å². The van der Waals surface area contributed by atoms with Crippen molar-refractivity contribution in [1.29, 1.82) is 0 Å². The molecule has 0 N–H and O–H groups in total. The minimum atomic E-state index is -1.95. The third kappa shape index (κ3) is 6.50. The van der Waals surface area contributed by atoms with Crippen LogP contribution >= 0.6 is 0 Å². The number of rotatable bonds is 6. The molecule has 0 saturated carbocycles. The Morgan fingerprint density at radius 2 is 1.33 bits per heavy atom. The van der Waals surface area contributed by atoms with Crippen molar-refractivity contribution in [3.63, 3.8) is 0 Å². The van der Waals surface area contributed by atoms with Gasteiger partial charge in [-0.15, -0.1) is 0 Å². The average Bonchev–Trinajstić information content (AvgIpc) is 1.98. The summed E-state index contributed by atoms with van der Waals surface area (Å²) >= 11 is 0. The van der Waals surface area contributed by atoms with Gasteiger partial charge in [-0.2, -0.15) is 0 Å². The molecule has 0 aliphatic heterocycles. The predicted octanol–water partition coefficient (Wildman–Crippen LogP) is 4.14. The lowest BCUT2D eigenvalue weighted by atomic mass is 10.0. The second-order valence-corrected chi connectivity index (χ2v) is 13.9. The fourth-order valence-corrected chi connectivity index (χ4v) is 9.29. The van der Waals surface area contributed by atoms with Gasteiger partial charge in [0.15, 0.2) is 8.32 Å². The lowest BCUT2D eigenvalue weighted by Gasteiger charge is -2.39. The van der Waals surface area contributed by atoms with Crippen LogP contribution in [0.5, 0.6) is 0 Å². The van der Waals surface area contributed by atoms with E-state index in [1.165, 1.54) is 0 Å². The first-order chi connectivity index (χ1) is 6.54. The van der Waals surface area contributed by atoms with Crippen LogP contribution in [0.2, 0.25) is 32.7 Å². The summed E-state index contributed by atoms with van der Waals surface area (Å²) in [6, 6.07) is 0. The maximum absolute atomic E-state index is 6.25. The van der Waals surface area contributed by atoms with Crippen molar-refractivity contribution in [2.75, 3.05) is 0 Å². The lowest BCUT2D eigenvalue weighted by molar-refractivity contribution is 0.0491. The van der Waals surface area contributed by atoms with Crippen LogP contribution in [0.25, 0.3) is 0 Å². The molecule has 0 aromatic rings. The molecular formula is C11H28O2Si2. The largest absolute Gasteiger partial charge is 0.436 e. The molecule has 0 aliphatic carbocycles. The van der Waals surface area contributed by atoms with Gasteiger partial charge >= 0.3 is 8.56 Å². The molecular weight excluding hydrogens is 220 g/mol. The van der Waals surface area contributed by atoms with E-state index in [1.54, 1.807) is 0 Å². The molecule has 0 rings (SSSR count). The van der Waals surface area contributed by atoms with Crippen LogP contribution in [0.3, 0.4) is 0 Å². The van der Waals surface area contributed by atoms with E-state index in [1.807, 2.05) is 0 Å². The van der Waals surface area contributed by atoms with Crippen LogP contribution in [0, 0.1) is 0 Å². The van der Waals surface area contributed by atoms with Crippen LogP contribution < -0.4 is 0 Å². The molecule has 0 atom stereocenters. The van der Waals surface area contributed by atoms with Gasteiger partial charge in [0.05, 0.1) is 5.60 Å². The third-order valence-electron chi connectivity index (χ3n) is 2.54. The summed E-state index contributed by atoms with van der Waals surface area (Å²) in [5.74, 6) is 0. The molecule has 0 bridgehead atoms. The molecule has 0 spiro atoms. The van der Waals surface area contributed by atoms with Gasteiger partial charge in [-0.05, 0) is 52.5 Å². The monoisotopic (exact) mass is 248 g/mol. The maximum Gasteiger partial charge on any atom is 0.321 e. The Morgan fingerprint density at radius 1 is 0.933 bits per heavy atom. The molecule has 0 aliphatic rings. The molecule has 0 fully saturated rings. The minimum absolute atomic E-state index is 0.00459. The molecule has 0 radical (unpaired) electrons. The minimum Gasteiger partial charge on any atom is -0.436 e. The van der Waals surface area contributed by atoms with E-state index < -0.39 is 16.9 Å². The Kier molecular flexibility index (Phi) is 5.24. The standard InChI is InChI=1S/C11H28O2Si2/c1-9-11(3,10-2)12-15(7,8)13-14(4,5)6/h9-10H2,1-8H3. The van der Waals surface area contributed by atoms with Gasteiger partial charge in [0.2, 0.25) is 0 Å². The zero-order valence-electron chi connectivity index (χ0n) is 11.7. The summed E-state index contributed by atoms with van der Waals surface area (Å²) in [4.78, 5) is 0. The van der Waals surface area contributed by atoms with Crippen LogP contribution in [0.4, 0.5) is 0 Å². The Labute approximate surface area is 97.7 Å². The average molecular weight is 249 g/mol.